The van der Waals surface area contributed by atoms with Crippen LogP contribution in [0.3, 0.4) is 0 Å². The molecule has 0 aliphatic heterocycles. The van der Waals surface area contributed by atoms with Crippen molar-refractivity contribution in [3.63, 3.8) is 0 Å². The molecule has 0 N–H and O–H groups in total. The van der Waals surface area contributed by atoms with Gasteiger partial charge < -0.3 is 4.79 Å². The predicted molar refractivity (Wildman–Crippen MR) is 82.4 cm³/mol. The summed E-state index contributed by atoms with van der Waals surface area (Å²) in [6.45, 7) is 1.02. The topological polar surface area (TPSA) is 44.0 Å². The monoisotopic (exact) mass is 280 g/mol. The van der Waals surface area contributed by atoms with Gasteiger partial charge in [-0.2, -0.15) is 0 Å². The summed E-state index contributed by atoms with van der Waals surface area (Å²) < 4.78 is 3.61. The van der Waals surface area contributed by atoms with Crippen molar-refractivity contribution in [3.8, 4) is 0 Å². The lowest BCUT2D eigenvalue weighted by Crippen LogP contribution is -2.23. The molecule has 0 saturated carbocycles. The smallest absolute Gasteiger partial charge is 0.274 e. The van der Waals surface area contributed by atoms with E-state index in [1.54, 1.807) is 4.68 Å². The molecule has 0 radical (unpaired) electrons. The molecule has 0 spiro atoms. The van der Waals surface area contributed by atoms with Crippen LogP contribution in [0, 0.1) is 0 Å². The SMILES string of the molecule is O=CCCn1c(=O)c2ccccc2n1Cc1ccccc1. The Hall–Kier alpha value is -2.62. The second-order valence-electron chi connectivity index (χ2n) is 4.94. The first-order valence-electron chi connectivity index (χ1n) is 6.97. The van der Waals surface area contributed by atoms with Crippen LogP contribution < -0.4 is 5.56 Å². The minimum atomic E-state index is -0.0385. The molecule has 2 aromatic carbocycles. The highest BCUT2D eigenvalue weighted by Crippen LogP contribution is 2.13. The van der Waals surface area contributed by atoms with Crippen LogP contribution in [-0.4, -0.2) is 15.6 Å². The summed E-state index contributed by atoms with van der Waals surface area (Å²) in [5, 5.41) is 0.694. The van der Waals surface area contributed by atoms with Gasteiger partial charge in [-0.05, 0) is 17.7 Å². The number of aromatic nitrogens is 2. The summed E-state index contributed by atoms with van der Waals surface area (Å²) in [4.78, 5) is 23.1. The largest absolute Gasteiger partial charge is 0.303 e. The lowest BCUT2D eigenvalue weighted by molar-refractivity contribution is -0.108. The molecular formula is C17H16N2O2. The van der Waals surface area contributed by atoms with Crippen LogP contribution in [0.2, 0.25) is 0 Å². The van der Waals surface area contributed by atoms with Crippen molar-refractivity contribution < 1.29 is 4.79 Å². The van der Waals surface area contributed by atoms with Gasteiger partial charge in [-0.3, -0.25) is 9.48 Å². The van der Waals surface area contributed by atoms with E-state index in [4.69, 9.17) is 0 Å². The summed E-state index contributed by atoms with van der Waals surface area (Å²) in [5.41, 5.74) is 1.98. The van der Waals surface area contributed by atoms with Gasteiger partial charge in [0.05, 0.1) is 17.4 Å². The van der Waals surface area contributed by atoms with Gasteiger partial charge in [0.1, 0.15) is 6.29 Å². The van der Waals surface area contributed by atoms with Crippen molar-refractivity contribution in [3.05, 3.63) is 70.5 Å². The summed E-state index contributed by atoms with van der Waals surface area (Å²) >= 11 is 0. The van der Waals surface area contributed by atoms with Gasteiger partial charge in [-0.15, -0.1) is 0 Å². The van der Waals surface area contributed by atoms with Crippen LogP contribution in [0.5, 0.6) is 0 Å². The third kappa shape index (κ3) is 2.52. The lowest BCUT2D eigenvalue weighted by atomic mass is 10.2. The van der Waals surface area contributed by atoms with Crippen molar-refractivity contribution in [2.75, 3.05) is 0 Å². The minimum absolute atomic E-state index is 0.0385. The normalized spacial score (nSPS) is 10.9. The molecular weight excluding hydrogens is 264 g/mol. The van der Waals surface area contributed by atoms with Crippen LogP contribution >= 0.6 is 0 Å². The van der Waals surface area contributed by atoms with E-state index in [0.717, 1.165) is 17.4 Å². The zero-order valence-electron chi connectivity index (χ0n) is 11.6. The van der Waals surface area contributed by atoms with Crippen LogP contribution in [0.25, 0.3) is 10.9 Å². The van der Waals surface area contributed by atoms with Gasteiger partial charge in [0, 0.05) is 13.0 Å². The van der Waals surface area contributed by atoms with Gasteiger partial charge in [-0.25, -0.2) is 4.68 Å². The van der Waals surface area contributed by atoms with E-state index in [-0.39, 0.29) is 5.56 Å². The first kappa shape index (κ1) is 13.4. The standard InChI is InChI=1S/C17H16N2O2/c20-12-6-11-18-17(21)15-9-4-5-10-16(15)19(18)13-14-7-2-1-3-8-14/h1-5,7-10,12H,6,11,13H2. The Bertz CT molecular complexity index is 816. The Morgan fingerprint density at radius 1 is 0.905 bits per heavy atom. The number of carbonyl (C=O) groups excluding carboxylic acids is 1. The lowest BCUT2D eigenvalue weighted by Gasteiger charge is -2.12. The van der Waals surface area contributed by atoms with Crippen molar-refractivity contribution in [2.24, 2.45) is 0 Å². The average Bonchev–Trinajstić information content (AvgIpc) is 2.79. The summed E-state index contributed by atoms with van der Waals surface area (Å²) in [7, 11) is 0. The van der Waals surface area contributed by atoms with E-state index >= 15 is 0 Å². The minimum Gasteiger partial charge on any atom is -0.303 e. The quantitative estimate of drug-likeness (QED) is 0.674. The highest BCUT2D eigenvalue weighted by atomic mass is 16.1. The fraction of sp³-hybridized carbons (Fsp3) is 0.176. The first-order chi connectivity index (χ1) is 10.3. The number of benzene rings is 2. The van der Waals surface area contributed by atoms with Crippen LogP contribution in [0.15, 0.2) is 59.4 Å². The second kappa shape index (κ2) is 5.79. The number of rotatable bonds is 5. The number of para-hydroxylation sites is 1. The van der Waals surface area contributed by atoms with Crippen molar-refractivity contribution >= 4 is 17.2 Å². The average molecular weight is 280 g/mol. The molecule has 1 aromatic heterocycles. The maximum absolute atomic E-state index is 12.5. The van der Waals surface area contributed by atoms with Crippen molar-refractivity contribution in [1.82, 2.24) is 9.36 Å². The van der Waals surface area contributed by atoms with E-state index in [0.29, 0.717) is 24.9 Å². The Morgan fingerprint density at radius 2 is 1.62 bits per heavy atom. The molecule has 1 heterocycles. The maximum Gasteiger partial charge on any atom is 0.274 e. The van der Waals surface area contributed by atoms with Gasteiger partial charge in [0.2, 0.25) is 0 Å². The Kier molecular flexibility index (Phi) is 3.69. The number of hydrogen-bond donors (Lipinski definition) is 0. The second-order valence-corrected chi connectivity index (χ2v) is 4.94. The number of nitrogens with zero attached hydrogens (tertiary/aromatic N) is 2. The van der Waals surface area contributed by atoms with E-state index in [2.05, 4.69) is 0 Å². The summed E-state index contributed by atoms with van der Waals surface area (Å²) in [6, 6.07) is 17.6. The van der Waals surface area contributed by atoms with Crippen molar-refractivity contribution in [2.45, 2.75) is 19.5 Å². The highest BCUT2D eigenvalue weighted by Gasteiger charge is 2.12. The Labute approximate surface area is 122 Å². The third-order valence-corrected chi connectivity index (χ3v) is 3.57. The Morgan fingerprint density at radius 3 is 2.38 bits per heavy atom. The van der Waals surface area contributed by atoms with E-state index in [9.17, 15) is 9.59 Å². The molecule has 106 valence electrons. The molecule has 4 nitrogen and oxygen atoms in total. The number of aldehydes is 1. The first-order valence-corrected chi connectivity index (χ1v) is 6.97. The summed E-state index contributed by atoms with van der Waals surface area (Å²) in [6.07, 6.45) is 1.18. The van der Waals surface area contributed by atoms with Gasteiger partial charge in [0.15, 0.2) is 0 Å². The fourth-order valence-electron chi connectivity index (χ4n) is 2.58. The molecule has 0 fully saturated rings. The van der Waals surface area contributed by atoms with Gasteiger partial charge in [0.25, 0.3) is 5.56 Å². The zero-order chi connectivity index (χ0) is 14.7. The summed E-state index contributed by atoms with van der Waals surface area (Å²) in [5.74, 6) is 0. The molecule has 0 unspecified atom stereocenters. The molecule has 0 amide bonds. The molecule has 0 saturated heterocycles. The number of fused-ring (bicyclic) bond motifs is 1. The van der Waals surface area contributed by atoms with Crippen molar-refractivity contribution in [1.29, 1.82) is 0 Å². The highest BCUT2D eigenvalue weighted by molar-refractivity contribution is 5.78. The number of carbonyl (C=O) groups is 1. The molecule has 0 aliphatic carbocycles. The zero-order valence-corrected chi connectivity index (χ0v) is 11.6. The molecule has 0 bridgehead atoms. The molecule has 21 heavy (non-hydrogen) atoms. The van der Waals surface area contributed by atoms with E-state index < -0.39 is 0 Å². The van der Waals surface area contributed by atoms with E-state index in [1.165, 1.54) is 0 Å². The molecule has 0 atom stereocenters. The maximum atomic E-state index is 12.5. The van der Waals surface area contributed by atoms with Crippen LogP contribution in [0.4, 0.5) is 0 Å². The predicted octanol–water partition coefficient (Wildman–Crippen LogP) is 2.44. The van der Waals surface area contributed by atoms with Gasteiger partial charge >= 0.3 is 0 Å². The van der Waals surface area contributed by atoms with E-state index in [1.807, 2.05) is 59.3 Å². The van der Waals surface area contributed by atoms with Gasteiger partial charge in [-0.1, -0.05) is 42.5 Å². The molecule has 0 aliphatic rings. The Balaban J connectivity index is 2.14. The fourth-order valence-corrected chi connectivity index (χ4v) is 2.58. The molecule has 3 aromatic rings. The molecule has 4 heteroatoms. The third-order valence-electron chi connectivity index (χ3n) is 3.57. The van der Waals surface area contributed by atoms with Crippen LogP contribution in [-0.2, 0) is 17.9 Å². The molecule has 3 rings (SSSR count). The van der Waals surface area contributed by atoms with Crippen LogP contribution in [0.1, 0.15) is 12.0 Å². The number of hydrogen-bond acceptors (Lipinski definition) is 2.